The summed E-state index contributed by atoms with van der Waals surface area (Å²) in [6, 6.07) is 12.4. The Morgan fingerprint density at radius 2 is 2.07 bits per heavy atom. The molecule has 0 N–H and O–H groups in total. The zero-order chi connectivity index (χ0) is 19.5. The van der Waals surface area contributed by atoms with Crippen molar-refractivity contribution in [3.63, 3.8) is 0 Å². The molecule has 0 amide bonds. The van der Waals surface area contributed by atoms with Gasteiger partial charge in [-0.1, -0.05) is 35.5 Å². The molecule has 3 aromatic heterocycles. The molecule has 3 heterocycles. The lowest BCUT2D eigenvalue weighted by atomic mass is 10.2. The van der Waals surface area contributed by atoms with Crippen molar-refractivity contribution in [1.82, 2.24) is 19.6 Å². The molecule has 142 valence electrons. The van der Waals surface area contributed by atoms with E-state index < -0.39 is 0 Å². The van der Waals surface area contributed by atoms with Crippen molar-refractivity contribution < 1.29 is 9.15 Å². The molecule has 0 aliphatic rings. The monoisotopic (exact) mass is 414 g/mol. The van der Waals surface area contributed by atoms with Crippen molar-refractivity contribution in [2.75, 3.05) is 6.61 Å². The van der Waals surface area contributed by atoms with Gasteiger partial charge >= 0.3 is 0 Å². The first kappa shape index (κ1) is 18.5. The van der Waals surface area contributed by atoms with Gasteiger partial charge in [0.1, 0.15) is 11.4 Å². The molecule has 0 saturated carbocycles. The number of hydrogen-bond donors (Lipinski definition) is 0. The highest BCUT2D eigenvalue weighted by atomic mass is 35.5. The van der Waals surface area contributed by atoms with E-state index in [1.165, 1.54) is 22.2 Å². The average molecular weight is 415 g/mol. The van der Waals surface area contributed by atoms with Gasteiger partial charge in [-0.2, -0.15) is 0 Å². The summed E-state index contributed by atoms with van der Waals surface area (Å²) in [5.74, 6) is 1.49. The molecule has 4 rings (SSSR count). The number of hydrogen-bond acceptors (Lipinski definition) is 7. The highest BCUT2D eigenvalue weighted by Crippen LogP contribution is 2.31. The van der Waals surface area contributed by atoms with Crippen LogP contribution in [0.4, 0.5) is 0 Å². The Morgan fingerprint density at radius 3 is 2.93 bits per heavy atom. The first-order valence-corrected chi connectivity index (χ1v) is 9.87. The minimum absolute atomic E-state index is 0.194. The maximum absolute atomic E-state index is 12.2. The number of rotatable bonds is 6. The van der Waals surface area contributed by atoms with Crippen LogP contribution in [0.1, 0.15) is 12.6 Å². The lowest BCUT2D eigenvalue weighted by molar-refractivity contribution is 0.340. The van der Waals surface area contributed by atoms with Crippen molar-refractivity contribution in [3.05, 3.63) is 69.7 Å². The van der Waals surface area contributed by atoms with Crippen molar-refractivity contribution >= 4 is 29.0 Å². The fraction of sp³-hybridized carbons (Fsp3) is 0.158. The van der Waals surface area contributed by atoms with E-state index in [2.05, 4.69) is 15.2 Å². The third-order valence-corrected chi connectivity index (χ3v) is 4.92. The Kier molecular flexibility index (Phi) is 5.31. The topological polar surface area (TPSA) is 82.5 Å². The zero-order valence-electron chi connectivity index (χ0n) is 14.8. The van der Waals surface area contributed by atoms with E-state index in [1.54, 1.807) is 18.3 Å². The van der Waals surface area contributed by atoms with Gasteiger partial charge in [-0.05, 0) is 31.2 Å². The quantitative estimate of drug-likeness (QED) is 0.439. The fourth-order valence-electron chi connectivity index (χ4n) is 2.64. The van der Waals surface area contributed by atoms with Crippen LogP contribution in [0.5, 0.6) is 5.75 Å². The summed E-state index contributed by atoms with van der Waals surface area (Å²) in [5, 5.41) is 9.03. The van der Waals surface area contributed by atoms with Gasteiger partial charge in [0.15, 0.2) is 0 Å². The van der Waals surface area contributed by atoms with Crippen LogP contribution >= 0.6 is 23.4 Å². The molecule has 0 fully saturated rings. The van der Waals surface area contributed by atoms with Crippen molar-refractivity contribution in [1.29, 1.82) is 0 Å². The molecule has 4 aromatic rings. The molecule has 0 radical (unpaired) electrons. The molecule has 0 atom stereocenters. The first-order chi connectivity index (χ1) is 13.6. The Morgan fingerprint density at radius 1 is 1.21 bits per heavy atom. The van der Waals surface area contributed by atoms with E-state index in [4.69, 9.17) is 20.8 Å². The molecule has 1 aromatic carbocycles. The number of pyridine rings is 1. The zero-order valence-corrected chi connectivity index (χ0v) is 16.4. The molecule has 9 heteroatoms. The second-order valence-corrected chi connectivity index (χ2v) is 7.12. The third kappa shape index (κ3) is 3.88. The van der Waals surface area contributed by atoms with Crippen LogP contribution in [-0.2, 0) is 5.75 Å². The molecule has 0 aliphatic carbocycles. The van der Waals surface area contributed by atoms with E-state index in [0.29, 0.717) is 45.6 Å². The number of aromatic nitrogens is 4. The summed E-state index contributed by atoms with van der Waals surface area (Å²) < 4.78 is 12.8. The van der Waals surface area contributed by atoms with Crippen LogP contribution < -0.4 is 10.3 Å². The molecular formula is C19H15ClN4O3S. The largest absolute Gasteiger partial charge is 0.493 e. The molecular weight excluding hydrogens is 400 g/mol. The third-order valence-electron chi connectivity index (χ3n) is 3.84. The van der Waals surface area contributed by atoms with Gasteiger partial charge in [-0.3, -0.25) is 9.20 Å². The van der Waals surface area contributed by atoms with Gasteiger partial charge in [0.2, 0.25) is 0 Å². The summed E-state index contributed by atoms with van der Waals surface area (Å²) in [6.07, 6.45) is 1.54. The summed E-state index contributed by atoms with van der Waals surface area (Å²) in [7, 11) is 0. The summed E-state index contributed by atoms with van der Waals surface area (Å²) in [4.78, 5) is 16.7. The normalized spacial score (nSPS) is 11.1. The highest BCUT2D eigenvalue weighted by Gasteiger charge is 2.14. The fourth-order valence-corrected chi connectivity index (χ4v) is 3.45. The van der Waals surface area contributed by atoms with Crippen molar-refractivity contribution in [2.45, 2.75) is 17.9 Å². The van der Waals surface area contributed by atoms with E-state index >= 15 is 0 Å². The maximum atomic E-state index is 12.2. The lowest BCUT2D eigenvalue weighted by Gasteiger charge is -2.06. The van der Waals surface area contributed by atoms with Crippen LogP contribution in [-0.4, -0.2) is 26.2 Å². The smallest absolute Gasteiger partial charge is 0.277 e. The Balaban J connectivity index is 1.53. The number of ether oxygens (including phenoxy) is 1. The van der Waals surface area contributed by atoms with Crippen molar-refractivity contribution in [3.8, 4) is 17.2 Å². The summed E-state index contributed by atoms with van der Waals surface area (Å²) in [5.41, 5.74) is 1.69. The van der Waals surface area contributed by atoms with Gasteiger partial charge < -0.3 is 9.15 Å². The van der Waals surface area contributed by atoms with Crippen LogP contribution in [0, 0.1) is 0 Å². The number of para-hydroxylation sites is 1. The van der Waals surface area contributed by atoms with Crippen LogP contribution in [0.2, 0.25) is 5.02 Å². The van der Waals surface area contributed by atoms with Gasteiger partial charge in [-0.15, -0.1) is 10.2 Å². The van der Waals surface area contributed by atoms with Crippen LogP contribution in [0.15, 0.2) is 63.1 Å². The molecule has 0 bridgehead atoms. The van der Waals surface area contributed by atoms with Crippen LogP contribution in [0.25, 0.3) is 17.1 Å². The summed E-state index contributed by atoms with van der Waals surface area (Å²) in [6.45, 7) is 2.46. The molecule has 0 saturated heterocycles. The molecule has 28 heavy (non-hydrogen) atoms. The van der Waals surface area contributed by atoms with E-state index in [0.717, 1.165) is 5.56 Å². The van der Waals surface area contributed by atoms with E-state index in [-0.39, 0.29) is 5.56 Å². The average Bonchev–Trinajstić information content (AvgIpc) is 3.16. The number of benzene rings is 1. The molecule has 0 spiro atoms. The summed E-state index contributed by atoms with van der Waals surface area (Å²) >= 11 is 7.24. The Hall–Kier alpha value is -2.84. The predicted octanol–water partition coefficient (Wildman–Crippen LogP) is 4.09. The Bertz CT molecular complexity index is 1190. The van der Waals surface area contributed by atoms with Gasteiger partial charge in [0.25, 0.3) is 16.7 Å². The highest BCUT2D eigenvalue weighted by molar-refractivity contribution is 7.98. The molecule has 0 unspecified atom stereocenters. The second kappa shape index (κ2) is 8.04. The lowest BCUT2D eigenvalue weighted by Crippen LogP contribution is -2.15. The van der Waals surface area contributed by atoms with Crippen LogP contribution in [0.3, 0.4) is 0 Å². The van der Waals surface area contributed by atoms with Crippen molar-refractivity contribution in [2.24, 2.45) is 0 Å². The Labute approximate surface area is 169 Å². The van der Waals surface area contributed by atoms with E-state index in [9.17, 15) is 4.79 Å². The first-order valence-electron chi connectivity index (χ1n) is 8.50. The van der Waals surface area contributed by atoms with Gasteiger partial charge in [-0.25, -0.2) is 4.98 Å². The maximum Gasteiger partial charge on any atom is 0.277 e. The second-order valence-electron chi connectivity index (χ2n) is 5.75. The minimum Gasteiger partial charge on any atom is -0.493 e. The number of thioether (sulfide) groups is 1. The molecule has 7 nitrogen and oxygen atoms in total. The SMILES string of the molecule is CCOc1ccccc1-c1nnc(SCc2cc(=O)n3cc(Cl)ccc3n2)o1. The molecule has 0 aliphatic heterocycles. The predicted molar refractivity (Wildman–Crippen MR) is 107 cm³/mol. The van der Waals surface area contributed by atoms with Gasteiger partial charge in [0, 0.05) is 18.0 Å². The van der Waals surface area contributed by atoms with Gasteiger partial charge in [0.05, 0.1) is 22.9 Å². The number of nitrogens with zero attached hydrogens (tertiary/aromatic N) is 4. The van der Waals surface area contributed by atoms with E-state index in [1.807, 2.05) is 31.2 Å². The number of halogens is 1. The standard InChI is InChI=1S/C19H15ClN4O3S/c1-2-26-15-6-4-3-5-14(15)18-22-23-19(27-18)28-11-13-9-17(25)24-10-12(20)7-8-16(24)21-13/h3-10H,2,11H2,1H3. The minimum atomic E-state index is -0.194. The number of fused-ring (bicyclic) bond motifs is 1.